The molecule has 0 aliphatic carbocycles. The predicted octanol–water partition coefficient (Wildman–Crippen LogP) is 3.86. The van der Waals surface area contributed by atoms with Crippen LogP contribution in [0.4, 0.5) is 4.39 Å². The molecule has 0 unspecified atom stereocenters. The minimum Gasteiger partial charge on any atom is -0.490 e. The third-order valence-electron chi connectivity index (χ3n) is 5.42. The Kier molecular flexibility index (Phi) is 7.44. The van der Waals surface area contributed by atoms with Crippen LogP contribution in [0.5, 0.6) is 5.75 Å². The monoisotopic (exact) mass is 463 g/mol. The number of hydrogen-bond donors (Lipinski definition) is 2. The van der Waals surface area contributed by atoms with Crippen molar-refractivity contribution in [1.29, 1.82) is 0 Å². The van der Waals surface area contributed by atoms with E-state index in [2.05, 4.69) is 20.7 Å². The summed E-state index contributed by atoms with van der Waals surface area (Å²) < 4.78 is 24.4. The number of methoxy groups -OCH3 is 1. The van der Waals surface area contributed by atoms with Crippen LogP contribution in [0.15, 0.2) is 48.5 Å². The van der Waals surface area contributed by atoms with Gasteiger partial charge in [0.15, 0.2) is 0 Å². The number of amides is 1. The van der Waals surface area contributed by atoms with Gasteiger partial charge in [-0.2, -0.15) is 15.4 Å². The van der Waals surface area contributed by atoms with E-state index < -0.39 is 0 Å². The molecule has 1 amide bonds. The number of carbonyl (C=O) groups excluding carboxylic acids is 1. The van der Waals surface area contributed by atoms with Gasteiger partial charge in [-0.15, -0.1) is 0 Å². The summed E-state index contributed by atoms with van der Waals surface area (Å²) in [7, 11) is 1.61. The normalized spacial score (nSPS) is 11.0. The number of aromatic nitrogens is 4. The maximum absolute atomic E-state index is 13.4. The summed E-state index contributed by atoms with van der Waals surface area (Å²) in [6, 6.07) is 13.2. The second-order valence-electron chi connectivity index (χ2n) is 7.80. The van der Waals surface area contributed by atoms with Crippen LogP contribution >= 0.6 is 0 Å². The van der Waals surface area contributed by atoms with Gasteiger partial charge in [-0.1, -0.05) is 0 Å². The summed E-state index contributed by atoms with van der Waals surface area (Å²) in [6.07, 6.45) is 1.47. The summed E-state index contributed by atoms with van der Waals surface area (Å²) in [5.74, 6) is 0.115. The van der Waals surface area contributed by atoms with Crippen LogP contribution in [0.25, 0.3) is 22.2 Å². The van der Waals surface area contributed by atoms with E-state index in [1.165, 1.54) is 12.1 Å². The molecule has 2 heterocycles. The smallest absolute Gasteiger partial charge is 0.251 e. The molecule has 0 aliphatic heterocycles. The third-order valence-corrected chi connectivity index (χ3v) is 5.42. The first-order valence-electron chi connectivity index (χ1n) is 11.0. The number of fused-ring (bicyclic) bond motifs is 1. The van der Waals surface area contributed by atoms with Gasteiger partial charge in [-0.25, -0.2) is 9.37 Å². The molecule has 2 N–H and O–H groups in total. The Hall–Kier alpha value is -3.85. The Morgan fingerprint density at radius 2 is 1.91 bits per heavy atom. The van der Waals surface area contributed by atoms with Crippen LogP contribution in [0.1, 0.15) is 28.2 Å². The Labute approximate surface area is 196 Å². The van der Waals surface area contributed by atoms with Crippen LogP contribution in [0, 0.1) is 12.7 Å². The Balaban J connectivity index is 1.54. The van der Waals surface area contributed by atoms with E-state index in [9.17, 15) is 9.18 Å². The molecule has 0 spiro atoms. The van der Waals surface area contributed by atoms with Crippen LogP contribution < -0.4 is 10.1 Å². The highest BCUT2D eigenvalue weighted by molar-refractivity contribution is 5.99. The molecule has 0 bridgehead atoms. The van der Waals surface area contributed by atoms with Crippen molar-refractivity contribution in [2.75, 3.05) is 26.9 Å². The number of nitrogens with one attached hydrogen (secondary N) is 2. The molecule has 4 rings (SSSR count). The molecular weight excluding hydrogens is 437 g/mol. The Morgan fingerprint density at radius 3 is 2.65 bits per heavy atom. The molecule has 4 aromatic rings. The molecular formula is C25H26FN5O3. The van der Waals surface area contributed by atoms with Gasteiger partial charge >= 0.3 is 0 Å². The van der Waals surface area contributed by atoms with Gasteiger partial charge in [0.1, 0.15) is 18.2 Å². The molecule has 9 heteroatoms. The molecule has 0 atom stereocenters. The number of carbonyl (C=O) groups is 1. The molecule has 176 valence electrons. The minimum absolute atomic E-state index is 0.186. The van der Waals surface area contributed by atoms with Crippen molar-refractivity contribution >= 4 is 16.8 Å². The Bertz CT molecular complexity index is 1270. The number of rotatable bonds is 10. The van der Waals surface area contributed by atoms with Crippen molar-refractivity contribution in [3.05, 3.63) is 71.3 Å². The van der Waals surface area contributed by atoms with Gasteiger partial charge in [-0.05, 0) is 62.2 Å². The zero-order valence-corrected chi connectivity index (χ0v) is 19.1. The lowest BCUT2D eigenvalue weighted by atomic mass is 10.1. The second-order valence-corrected chi connectivity index (χ2v) is 7.80. The number of halogens is 1. The van der Waals surface area contributed by atoms with E-state index in [1.807, 2.05) is 19.1 Å². The molecule has 0 aliphatic rings. The first-order chi connectivity index (χ1) is 16.5. The number of nitrogens with zero attached hydrogens (tertiary/aromatic N) is 3. The van der Waals surface area contributed by atoms with Crippen LogP contribution in [-0.2, 0) is 11.2 Å². The molecule has 34 heavy (non-hydrogen) atoms. The van der Waals surface area contributed by atoms with Crippen molar-refractivity contribution in [2.24, 2.45) is 0 Å². The zero-order chi connectivity index (χ0) is 23.9. The Morgan fingerprint density at radius 1 is 1.09 bits per heavy atom. The first-order valence-corrected chi connectivity index (χ1v) is 11.0. The van der Waals surface area contributed by atoms with E-state index in [-0.39, 0.29) is 11.7 Å². The molecule has 8 nitrogen and oxygen atoms in total. The lowest BCUT2D eigenvalue weighted by Gasteiger charge is -2.13. The maximum atomic E-state index is 13.4. The van der Waals surface area contributed by atoms with Crippen LogP contribution in [0.3, 0.4) is 0 Å². The van der Waals surface area contributed by atoms with Crippen molar-refractivity contribution in [1.82, 2.24) is 25.7 Å². The largest absolute Gasteiger partial charge is 0.490 e. The number of hydrogen-bond acceptors (Lipinski definition) is 6. The predicted molar refractivity (Wildman–Crippen MR) is 126 cm³/mol. The van der Waals surface area contributed by atoms with Gasteiger partial charge in [0.25, 0.3) is 5.91 Å². The van der Waals surface area contributed by atoms with Gasteiger partial charge in [0.2, 0.25) is 0 Å². The van der Waals surface area contributed by atoms with Crippen LogP contribution in [0.2, 0.25) is 0 Å². The molecule has 2 aromatic carbocycles. The molecule has 0 saturated heterocycles. The van der Waals surface area contributed by atoms with Crippen LogP contribution in [-0.4, -0.2) is 53.2 Å². The fraction of sp³-hybridized carbons (Fsp3) is 0.280. The highest BCUT2D eigenvalue weighted by Crippen LogP contribution is 2.31. The van der Waals surface area contributed by atoms with Gasteiger partial charge in [0, 0.05) is 36.2 Å². The fourth-order valence-electron chi connectivity index (χ4n) is 3.56. The van der Waals surface area contributed by atoms with E-state index in [0.29, 0.717) is 42.3 Å². The number of pyridine rings is 1. The second kappa shape index (κ2) is 10.8. The van der Waals surface area contributed by atoms with Crippen molar-refractivity contribution in [2.45, 2.75) is 19.8 Å². The summed E-state index contributed by atoms with van der Waals surface area (Å²) in [4.78, 5) is 17.5. The third kappa shape index (κ3) is 5.55. The van der Waals surface area contributed by atoms with Crippen molar-refractivity contribution in [3.8, 4) is 17.0 Å². The van der Waals surface area contributed by atoms with Gasteiger partial charge in [0.05, 0.1) is 29.2 Å². The molecule has 2 aromatic heterocycles. The standard InChI is InChI=1S/C25H26FN5O3/c1-16-21(30-31-29-16)4-3-11-27-25(32)18-7-10-20-23(14-18)28-22(15-24(20)34-13-12-33-2)17-5-8-19(26)9-6-17/h5-10,14-15H,3-4,11-13H2,1-2H3,(H,27,32)(H,29,30,31). The van der Waals surface area contributed by atoms with E-state index in [4.69, 9.17) is 14.5 Å². The maximum Gasteiger partial charge on any atom is 0.251 e. The molecule has 0 radical (unpaired) electrons. The van der Waals surface area contributed by atoms with Crippen molar-refractivity contribution in [3.63, 3.8) is 0 Å². The lowest BCUT2D eigenvalue weighted by Crippen LogP contribution is -2.24. The van der Waals surface area contributed by atoms with E-state index in [0.717, 1.165) is 35.2 Å². The fourth-order valence-corrected chi connectivity index (χ4v) is 3.56. The summed E-state index contributed by atoms with van der Waals surface area (Å²) >= 11 is 0. The summed E-state index contributed by atoms with van der Waals surface area (Å²) in [5.41, 5.74) is 4.25. The highest BCUT2D eigenvalue weighted by atomic mass is 19.1. The number of aromatic amines is 1. The number of ether oxygens (including phenoxy) is 2. The number of benzene rings is 2. The topological polar surface area (TPSA) is 102 Å². The highest BCUT2D eigenvalue weighted by Gasteiger charge is 2.13. The molecule has 0 saturated carbocycles. The average Bonchev–Trinajstić information content (AvgIpc) is 3.26. The van der Waals surface area contributed by atoms with Gasteiger partial charge in [-0.3, -0.25) is 4.79 Å². The SMILES string of the molecule is COCCOc1cc(-c2ccc(F)cc2)nc2cc(C(=O)NCCCc3n[nH]nc3C)ccc12. The van der Waals surface area contributed by atoms with Crippen molar-refractivity contribution < 1.29 is 18.7 Å². The van der Waals surface area contributed by atoms with E-state index >= 15 is 0 Å². The summed E-state index contributed by atoms with van der Waals surface area (Å²) in [6.45, 7) is 3.21. The number of H-pyrrole nitrogens is 1. The van der Waals surface area contributed by atoms with E-state index in [1.54, 1.807) is 31.4 Å². The zero-order valence-electron chi connectivity index (χ0n) is 19.1. The minimum atomic E-state index is -0.321. The average molecular weight is 464 g/mol. The van der Waals surface area contributed by atoms with Gasteiger partial charge < -0.3 is 14.8 Å². The number of aryl methyl sites for hydroxylation is 2. The lowest BCUT2D eigenvalue weighted by molar-refractivity contribution is 0.0953. The molecule has 0 fully saturated rings. The summed E-state index contributed by atoms with van der Waals surface area (Å²) in [5, 5.41) is 14.4. The first kappa shape index (κ1) is 23.3. The quantitative estimate of drug-likeness (QED) is 0.346.